The summed E-state index contributed by atoms with van der Waals surface area (Å²) in [5.41, 5.74) is 4.01. The van der Waals surface area contributed by atoms with Gasteiger partial charge in [0.15, 0.2) is 17.2 Å². The van der Waals surface area contributed by atoms with Crippen molar-refractivity contribution in [1.82, 2.24) is 4.68 Å². The van der Waals surface area contributed by atoms with E-state index in [1.54, 1.807) is 10.9 Å². The van der Waals surface area contributed by atoms with E-state index in [0.717, 1.165) is 18.6 Å². The van der Waals surface area contributed by atoms with E-state index in [0.29, 0.717) is 6.54 Å². The Labute approximate surface area is 184 Å². The first-order valence-corrected chi connectivity index (χ1v) is 11.6. The van der Waals surface area contributed by atoms with E-state index < -0.39 is 16.6 Å². The Morgan fingerprint density at radius 2 is 1.81 bits per heavy atom. The van der Waals surface area contributed by atoms with Gasteiger partial charge in [-0.05, 0) is 42.0 Å². The molecule has 1 unspecified atom stereocenters. The summed E-state index contributed by atoms with van der Waals surface area (Å²) in [6.45, 7) is 2.70. The first kappa shape index (κ1) is 18.8. The number of pyridine rings is 1. The second-order valence-electron chi connectivity index (χ2n) is 8.81. The number of Topliss-reactive ketones (excluding diaryl/α,β-unsaturated/α-hetero) is 1. The van der Waals surface area contributed by atoms with Crippen molar-refractivity contribution in [3.63, 3.8) is 0 Å². The van der Waals surface area contributed by atoms with Crippen LogP contribution in [0.4, 0.5) is 0 Å². The Hall–Kier alpha value is -2.99. The predicted octanol–water partition coefficient (Wildman–Crippen LogP) is 4.17. The van der Waals surface area contributed by atoms with Crippen LogP contribution in [-0.2, 0) is 5.75 Å². The zero-order valence-electron chi connectivity index (χ0n) is 17.2. The minimum atomic E-state index is -0.510. The molecule has 1 atom stereocenters. The number of carbonyl (C=O) groups excluding carboxylic acids is 1. The Balaban J connectivity index is 1.65. The molecule has 5 nitrogen and oxygen atoms in total. The number of hydrogen-bond donors (Lipinski definition) is 1. The van der Waals surface area contributed by atoms with Crippen LogP contribution in [0.15, 0.2) is 64.4 Å². The molecule has 3 aromatic rings. The van der Waals surface area contributed by atoms with Gasteiger partial charge in [-0.3, -0.25) is 19.3 Å². The third-order valence-electron chi connectivity index (χ3n) is 6.90. The van der Waals surface area contributed by atoms with Crippen LogP contribution in [0.2, 0.25) is 0 Å². The molecule has 6 rings (SSSR count). The fourth-order valence-electron chi connectivity index (χ4n) is 5.06. The van der Waals surface area contributed by atoms with Crippen LogP contribution in [0.25, 0.3) is 0 Å². The van der Waals surface area contributed by atoms with E-state index >= 15 is 0 Å². The van der Waals surface area contributed by atoms with E-state index in [4.69, 9.17) is 0 Å². The lowest BCUT2D eigenvalue weighted by Gasteiger charge is -2.43. The highest BCUT2D eigenvalue weighted by atomic mass is 32.2. The van der Waals surface area contributed by atoms with Crippen molar-refractivity contribution < 1.29 is 9.90 Å². The van der Waals surface area contributed by atoms with Gasteiger partial charge in [0.05, 0.1) is 11.5 Å². The molecule has 2 aromatic carbocycles. The zero-order valence-corrected chi connectivity index (χ0v) is 18.0. The van der Waals surface area contributed by atoms with Gasteiger partial charge < -0.3 is 5.11 Å². The number of ketones is 1. The number of thioether (sulfide) groups is 1. The van der Waals surface area contributed by atoms with Crippen LogP contribution < -0.4 is 10.4 Å². The lowest BCUT2D eigenvalue weighted by molar-refractivity contribution is 0.0856. The molecule has 1 spiro atoms. The summed E-state index contributed by atoms with van der Waals surface area (Å²) < 4.78 is 1.73. The lowest BCUT2D eigenvalue weighted by Crippen LogP contribution is -2.51. The molecule has 1 aliphatic carbocycles. The first-order chi connectivity index (χ1) is 15.0. The molecule has 156 valence electrons. The SMILES string of the molecule is Cc1cccc2c1SCc1ccccc1C2N1CC2(CC2)C(=O)c2c(O)c(=O)ccn21. The standard InChI is InChI=1S/C25H22N2O3S/c1-15-5-4-8-18-20(17-7-3-2-6-16(17)13-31-23(15)18)27-14-25(10-11-25)24(30)21-22(29)19(28)9-12-26(21)27/h2-9,12,20,29H,10-11,13-14H2,1H3. The quantitative estimate of drug-likeness (QED) is 0.628. The first-order valence-electron chi connectivity index (χ1n) is 10.6. The van der Waals surface area contributed by atoms with E-state index in [-0.39, 0.29) is 17.5 Å². The average molecular weight is 431 g/mol. The molecule has 2 aliphatic heterocycles. The van der Waals surface area contributed by atoms with Crippen LogP contribution >= 0.6 is 11.8 Å². The zero-order chi connectivity index (χ0) is 21.3. The minimum absolute atomic E-state index is 0.111. The summed E-state index contributed by atoms with van der Waals surface area (Å²) in [5.74, 6) is 0.328. The Bertz CT molecular complexity index is 1310. The third kappa shape index (κ3) is 2.64. The van der Waals surface area contributed by atoms with E-state index in [9.17, 15) is 14.7 Å². The largest absolute Gasteiger partial charge is 0.503 e. The number of hydrogen-bond acceptors (Lipinski definition) is 5. The Kier molecular flexibility index (Phi) is 3.93. The molecule has 0 bridgehead atoms. The van der Waals surface area contributed by atoms with Crippen molar-refractivity contribution >= 4 is 17.5 Å². The second-order valence-corrected chi connectivity index (χ2v) is 9.80. The van der Waals surface area contributed by atoms with Gasteiger partial charge in [0.2, 0.25) is 5.43 Å². The van der Waals surface area contributed by atoms with Crippen molar-refractivity contribution in [3.8, 4) is 5.75 Å². The molecule has 0 saturated heterocycles. The monoisotopic (exact) mass is 430 g/mol. The molecule has 1 saturated carbocycles. The minimum Gasteiger partial charge on any atom is -0.503 e. The Morgan fingerprint density at radius 3 is 2.61 bits per heavy atom. The summed E-state index contributed by atoms with van der Waals surface area (Å²) in [6.07, 6.45) is 3.21. The maximum absolute atomic E-state index is 13.3. The molecule has 1 N–H and O–H groups in total. The van der Waals surface area contributed by atoms with Crippen molar-refractivity contribution in [2.24, 2.45) is 5.41 Å². The van der Waals surface area contributed by atoms with Gasteiger partial charge >= 0.3 is 0 Å². The lowest BCUT2D eigenvalue weighted by atomic mass is 9.89. The normalized spacial score (nSPS) is 20.6. The summed E-state index contributed by atoms with van der Waals surface area (Å²) >= 11 is 1.85. The molecule has 31 heavy (non-hydrogen) atoms. The van der Waals surface area contributed by atoms with Crippen LogP contribution in [0.3, 0.4) is 0 Å². The van der Waals surface area contributed by atoms with Gasteiger partial charge in [-0.2, -0.15) is 0 Å². The van der Waals surface area contributed by atoms with Gasteiger partial charge in [0, 0.05) is 29.5 Å². The van der Waals surface area contributed by atoms with Crippen LogP contribution in [-0.4, -0.2) is 22.1 Å². The maximum atomic E-state index is 13.3. The highest BCUT2D eigenvalue weighted by molar-refractivity contribution is 7.98. The average Bonchev–Trinajstić information content (AvgIpc) is 3.56. The highest BCUT2D eigenvalue weighted by Gasteiger charge is 2.56. The van der Waals surface area contributed by atoms with Gasteiger partial charge in [-0.1, -0.05) is 42.5 Å². The molecule has 3 aliphatic rings. The molecule has 0 amide bonds. The van der Waals surface area contributed by atoms with E-state index in [1.807, 2.05) is 11.8 Å². The third-order valence-corrected chi connectivity index (χ3v) is 8.20. The number of nitrogens with zero attached hydrogens (tertiary/aromatic N) is 2. The van der Waals surface area contributed by atoms with Crippen LogP contribution in [0.1, 0.15) is 51.6 Å². The van der Waals surface area contributed by atoms with Crippen LogP contribution in [0.5, 0.6) is 5.75 Å². The van der Waals surface area contributed by atoms with Gasteiger partial charge in [-0.15, -0.1) is 11.8 Å². The number of aromatic nitrogens is 1. The summed E-state index contributed by atoms with van der Waals surface area (Å²) in [4.78, 5) is 26.7. The molecule has 3 heterocycles. The topological polar surface area (TPSA) is 62.5 Å². The van der Waals surface area contributed by atoms with Crippen LogP contribution in [0, 0.1) is 12.3 Å². The summed E-state index contributed by atoms with van der Waals surface area (Å²) in [5, 5.41) is 12.8. The Morgan fingerprint density at radius 1 is 1.03 bits per heavy atom. The number of rotatable bonds is 1. The van der Waals surface area contributed by atoms with Crippen molar-refractivity contribution in [3.05, 3.63) is 92.9 Å². The molecule has 6 heteroatoms. The summed E-state index contributed by atoms with van der Waals surface area (Å²) in [7, 11) is 0. The number of carbonyl (C=O) groups is 1. The molecular formula is C25H22N2O3S. The smallest absolute Gasteiger partial charge is 0.224 e. The van der Waals surface area contributed by atoms with Crippen molar-refractivity contribution in [2.45, 2.75) is 36.5 Å². The van der Waals surface area contributed by atoms with E-state index in [1.165, 1.54) is 33.2 Å². The molecule has 1 aromatic heterocycles. The molecule has 0 radical (unpaired) electrons. The highest BCUT2D eigenvalue weighted by Crippen LogP contribution is 2.54. The van der Waals surface area contributed by atoms with Gasteiger partial charge in [0.1, 0.15) is 0 Å². The number of aryl methyl sites for hydroxylation is 1. The van der Waals surface area contributed by atoms with Gasteiger partial charge in [0.25, 0.3) is 0 Å². The predicted molar refractivity (Wildman–Crippen MR) is 120 cm³/mol. The number of aromatic hydroxyl groups is 1. The number of benzene rings is 2. The van der Waals surface area contributed by atoms with E-state index in [2.05, 4.69) is 54.4 Å². The number of fused-ring (bicyclic) bond motifs is 3. The summed E-state index contributed by atoms with van der Waals surface area (Å²) in [6, 6.07) is 16.1. The van der Waals surface area contributed by atoms with Crippen molar-refractivity contribution in [1.29, 1.82) is 0 Å². The second kappa shape index (κ2) is 6.50. The molecule has 1 fully saturated rings. The fourth-order valence-corrected chi connectivity index (χ4v) is 6.27. The fraction of sp³-hybridized carbons (Fsp3) is 0.280. The van der Waals surface area contributed by atoms with Crippen molar-refractivity contribution in [2.75, 3.05) is 11.6 Å². The molecular weight excluding hydrogens is 408 g/mol. The maximum Gasteiger partial charge on any atom is 0.224 e. The van der Waals surface area contributed by atoms with Gasteiger partial charge in [-0.25, -0.2) is 0 Å².